The van der Waals surface area contributed by atoms with Crippen LogP contribution in [-0.4, -0.2) is 14.5 Å². The first-order chi connectivity index (χ1) is 8.72. The summed E-state index contributed by atoms with van der Waals surface area (Å²) in [6.07, 6.45) is 1.79. The molecule has 0 atom stereocenters. The van der Waals surface area contributed by atoms with Gasteiger partial charge in [0.05, 0.1) is 12.9 Å². The van der Waals surface area contributed by atoms with Crippen LogP contribution < -0.4 is 0 Å². The molecule has 0 saturated heterocycles. The van der Waals surface area contributed by atoms with Gasteiger partial charge in [-0.25, -0.2) is 9.97 Å². The van der Waals surface area contributed by atoms with Crippen LogP contribution in [-0.2, 0) is 6.54 Å². The Morgan fingerprint density at radius 3 is 2.94 bits per heavy atom. The number of aromatic nitrogens is 3. The van der Waals surface area contributed by atoms with Gasteiger partial charge in [0.1, 0.15) is 10.7 Å². The fourth-order valence-electron chi connectivity index (χ4n) is 1.86. The van der Waals surface area contributed by atoms with Gasteiger partial charge in [0, 0.05) is 4.47 Å². The van der Waals surface area contributed by atoms with Crippen LogP contribution >= 0.6 is 27.5 Å². The molecule has 0 unspecified atom stereocenters. The molecule has 0 bridgehead atoms. The zero-order valence-corrected chi connectivity index (χ0v) is 11.7. The van der Waals surface area contributed by atoms with Crippen LogP contribution in [0, 0.1) is 0 Å². The molecule has 90 valence electrons. The first-order valence-electron chi connectivity index (χ1n) is 5.44. The predicted octanol–water partition coefficient (Wildman–Crippen LogP) is 3.90. The second-order valence-electron chi connectivity index (χ2n) is 3.98. The van der Waals surface area contributed by atoms with E-state index in [1.54, 1.807) is 12.4 Å². The van der Waals surface area contributed by atoms with Crippen molar-refractivity contribution < 1.29 is 0 Å². The number of benzene rings is 1. The van der Waals surface area contributed by atoms with Gasteiger partial charge in [-0.15, -0.1) is 0 Å². The Balaban J connectivity index is 2.02. The molecule has 5 heteroatoms. The Kier molecular flexibility index (Phi) is 3.06. The summed E-state index contributed by atoms with van der Waals surface area (Å²) in [5.41, 5.74) is 2.85. The summed E-state index contributed by atoms with van der Waals surface area (Å²) < 4.78 is 3.05. The highest BCUT2D eigenvalue weighted by Crippen LogP contribution is 2.17. The van der Waals surface area contributed by atoms with Crippen LogP contribution in [0.3, 0.4) is 0 Å². The third-order valence-corrected chi connectivity index (χ3v) is 3.37. The van der Waals surface area contributed by atoms with E-state index in [9.17, 15) is 0 Å². The Bertz CT molecular complexity index is 708. The molecule has 0 N–H and O–H groups in total. The quantitative estimate of drug-likeness (QED) is 0.670. The van der Waals surface area contributed by atoms with Crippen LogP contribution in [0.25, 0.3) is 11.2 Å². The van der Waals surface area contributed by atoms with Gasteiger partial charge in [-0.1, -0.05) is 39.7 Å². The van der Waals surface area contributed by atoms with E-state index in [4.69, 9.17) is 11.6 Å². The van der Waals surface area contributed by atoms with Crippen molar-refractivity contribution in [2.45, 2.75) is 6.54 Å². The maximum Gasteiger partial charge on any atom is 0.161 e. The number of nitrogens with zero attached hydrogens (tertiary/aromatic N) is 3. The van der Waals surface area contributed by atoms with Gasteiger partial charge in [-0.3, -0.25) is 0 Å². The van der Waals surface area contributed by atoms with Gasteiger partial charge in [0.2, 0.25) is 0 Å². The van der Waals surface area contributed by atoms with Crippen molar-refractivity contribution in [2.75, 3.05) is 0 Å². The molecular formula is C13H9BrClN3. The van der Waals surface area contributed by atoms with E-state index in [1.807, 2.05) is 22.8 Å². The highest BCUT2D eigenvalue weighted by molar-refractivity contribution is 9.10. The number of imidazole rings is 1. The Hall–Kier alpha value is -1.39. The van der Waals surface area contributed by atoms with E-state index in [2.05, 4.69) is 38.0 Å². The molecule has 0 aliphatic carbocycles. The van der Waals surface area contributed by atoms with Crippen molar-refractivity contribution in [3.05, 3.63) is 57.9 Å². The first-order valence-corrected chi connectivity index (χ1v) is 6.61. The van der Waals surface area contributed by atoms with Gasteiger partial charge in [-0.2, -0.15) is 0 Å². The molecule has 3 aromatic rings. The molecule has 0 fully saturated rings. The maximum absolute atomic E-state index is 5.92. The maximum atomic E-state index is 5.92. The van der Waals surface area contributed by atoms with E-state index in [1.165, 1.54) is 5.56 Å². The summed E-state index contributed by atoms with van der Waals surface area (Å²) in [4.78, 5) is 8.62. The number of hydrogen-bond donors (Lipinski definition) is 0. The fraction of sp³-hybridized carbons (Fsp3) is 0.0769. The van der Waals surface area contributed by atoms with E-state index < -0.39 is 0 Å². The van der Waals surface area contributed by atoms with E-state index >= 15 is 0 Å². The highest BCUT2D eigenvalue weighted by atomic mass is 79.9. The largest absolute Gasteiger partial charge is 0.311 e. The molecule has 0 aliphatic rings. The lowest BCUT2D eigenvalue weighted by Gasteiger charge is -2.04. The lowest BCUT2D eigenvalue weighted by atomic mass is 10.2. The minimum atomic E-state index is 0.485. The van der Waals surface area contributed by atoms with Crippen LogP contribution in [0.2, 0.25) is 5.15 Å². The number of hydrogen-bond acceptors (Lipinski definition) is 2. The van der Waals surface area contributed by atoms with Gasteiger partial charge in [0.15, 0.2) is 5.65 Å². The molecule has 18 heavy (non-hydrogen) atoms. The number of halogens is 2. The molecule has 2 heterocycles. The molecule has 0 amide bonds. The van der Waals surface area contributed by atoms with Crippen molar-refractivity contribution in [2.24, 2.45) is 0 Å². The van der Waals surface area contributed by atoms with Crippen molar-refractivity contribution in [1.29, 1.82) is 0 Å². The monoisotopic (exact) mass is 321 g/mol. The van der Waals surface area contributed by atoms with Crippen molar-refractivity contribution >= 4 is 38.7 Å². The zero-order valence-electron chi connectivity index (χ0n) is 9.35. The summed E-state index contributed by atoms with van der Waals surface area (Å²) in [6, 6.07) is 11.8. The fourth-order valence-corrected chi connectivity index (χ4v) is 2.45. The average molecular weight is 323 g/mol. The lowest BCUT2D eigenvalue weighted by molar-refractivity contribution is 0.814. The second-order valence-corrected chi connectivity index (χ2v) is 5.28. The van der Waals surface area contributed by atoms with Crippen LogP contribution in [0.4, 0.5) is 0 Å². The standard InChI is InChI=1S/C13H9BrClN3/c14-10-3-1-2-9(6-10)7-18-8-16-11-4-5-12(15)17-13(11)18/h1-6,8H,7H2. The smallest absolute Gasteiger partial charge is 0.161 e. The van der Waals surface area contributed by atoms with Crippen LogP contribution in [0.5, 0.6) is 0 Å². The van der Waals surface area contributed by atoms with Crippen LogP contribution in [0.1, 0.15) is 5.56 Å². The van der Waals surface area contributed by atoms with Crippen molar-refractivity contribution in [3.8, 4) is 0 Å². The Labute approximate surface area is 118 Å². The number of fused-ring (bicyclic) bond motifs is 1. The molecule has 2 aromatic heterocycles. The summed E-state index contributed by atoms with van der Waals surface area (Å²) in [5.74, 6) is 0. The SMILES string of the molecule is Clc1ccc2ncn(Cc3cccc(Br)c3)c2n1. The minimum Gasteiger partial charge on any atom is -0.311 e. The predicted molar refractivity (Wildman–Crippen MR) is 75.8 cm³/mol. The molecule has 0 radical (unpaired) electrons. The van der Waals surface area contributed by atoms with Crippen molar-refractivity contribution in [3.63, 3.8) is 0 Å². The third-order valence-electron chi connectivity index (χ3n) is 2.67. The molecule has 3 nitrogen and oxygen atoms in total. The molecule has 1 aromatic carbocycles. The zero-order chi connectivity index (χ0) is 12.5. The van der Waals surface area contributed by atoms with E-state index in [0.717, 1.165) is 22.2 Å². The highest BCUT2D eigenvalue weighted by Gasteiger charge is 2.05. The van der Waals surface area contributed by atoms with Gasteiger partial charge >= 0.3 is 0 Å². The summed E-state index contributed by atoms with van der Waals surface area (Å²) in [6.45, 7) is 0.725. The van der Waals surface area contributed by atoms with Gasteiger partial charge in [0.25, 0.3) is 0 Å². The lowest BCUT2D eigenvalue weighted by Crippen LogP contribution is -1.99. The summed E-state index contributed by atoms with van der Waals surface area (Å²) >= 11 is 9.38. The average Bonchev–Trinajstić information content (AvgIpc) is 2.72. The Morgan fingerprint density at radius 2 is 2.11 bits per heavy atom. The topological polar surface area (TPSA) is 30.7 Å². The normalized spacial score (nSPS) is 11.0. The van der Waals surface area contributed by atoms with E-state index in [0.29, 0.717) is 5.15 Å². The minimum absolute atomic E-state index is 0.485. The van der Waals surface area contributed by atoms with Crippen molar-refractivity contribution in [1.82, 2.24) is 14.5 Å². The van der Waals surface area contributed by atoms with Crippen LogP contribution in [0.15, 0.2) is 47.2 Å². The molecule has 0 spiro atoms. The molecular weight excluding hydrogens is 314 g/mol. The second kappa shape index (κ2) is 4.71. The summed E-state index contributed by atoms with van der Waals surface area (Å²) in [7, 11) is 0. The molecule has 3 rings (SSSR count). The molecule has 0 saturated carbocycles. The number of pyridine rings is 1. The number of rotatable bonds is 2. The van der Waals surface area contributed by atoms with Gasteiger partial charge in [-0.05, 0) is 29.8 Å². The van der Waals surface area contributed by atoms with E-state index in [-0.39, 0.29) is 0 Å². The third kappa shape index (κ3) is 2.26. The Morgan fingerprint density at radius 1 is 1.22 bits per heavy atom. The summed E-state index contributed by atoms with van der Waals surface area (Å²) in [5, 5.41) is 0.485. The first kappa shape index (κ1) is 11.7. The molecule has 0 aliphatic heterocycles. The van der Waals surface area contributed by atoms with Gasteiger partial charge < -0.3 is 4.57 Å².